The fraction of sp³-hybridized carbons (Fsp3) is 0.389. The van der Waals surface area contributed by atoms with E-state index in [1.807, 2.05) is 12.3 Å². The molecule has 1 aliphatic rings. The summed E-state index contributed by atoms with van der Waals surface area (Å²) in [5.74, 6) is 0.440. The van der Waals surface area contributed by atoms with Gasteiger partial charge >= 0.3 is 5.97 Å². The fourth-order valence-corrected chi connectivity index (χ4v) is 3.08. The molecule has 2 heterocycles. The molecular weight excluding hydrogens is 292 g/mol. The van der Waals surface area contributed by atoms with Crippen LogP contribution in [-0.4, -0.2) is 42.7 Å². The van der Waals surface area contributed by atoms with Crippen molar-refractivity contribution in [1.29, 1.82) is 0 Å². The average molecular weight is 314 g/mol. The molecule has 5 heteroatoms. The number of hydrogen-bond acceptors (Lipinski definition) is 4. The van der Waals surface area contributed by atoms with E-state index in [2.05, 4.69) is 20.7 Å². The van der Waals surface area contributed by atoms with E-state index >= 15 is 0 Å². The highest BCUT2D eigenvalue weighted by Crippen LogP contribution is 2.30. The third-order valence-electron chi connectivity index (χ3n) is 4.27. The van der Waals surface area contributed by atoms with Gasteiger partial charge in [0.05, 0.1) is 12.7 Å². The quantitative estimate of drug-likeness (QED) is 0.833. The van der Waals surface area contributed by atoms with Crippen LogP contribution < -0.4 is 4.74 Å². The minimum Gasteiger partial charge on any atom is -0.492 e. The van der Waals surface area contributed by atoms with Gasteiger partial charge in [0.15, 0.2) is 0 Å². The fourth-order valence-electron chi connectivity index (χ4n) is 3.08. The first-order chi connectivity index (χ1) is 11.3. The molecule has 23 heavy (non-hydrogen) atoms. The molecule has 2 aromatic rings. The van der Waals surface area contributed by atoms with Gasteiger partial charge in [0, 0.05) is 24.5 Å². The van der Waals surface area contributed by atoms with E-state index in [9.17, 15) is 4.79 Å². The zero-order valence-corrected chi connectivity index (χ0v) is 13.3. The summed E-state index contributed by atoms with van der Waals surface area (Å²) in [4.78, 5) is 17.2. The smallest absolute Gasteiger partial charge is 0.337 e. The molecule has 0 unspecified atom stereocenters. The Hall–Kier alpha value is -2.27. The second-order valence-electron chi connectivity index (χ2n) is 5.68. The van der Waals surface area contributed by atoms with Crippen molar-refractivity contribution in [2.75, 3.05) is 26.8 Å². The number of esters is 1. The standard InChI is InChI=1S/C18H22N2O3/c1-22-18(21)14-6-8-15(9-7-14)23-13-12-20-11-3-5-17(20)16-4-2-10-19-16/h2,4,6-10,17,19H,3,5,11-13H2,1H3/t17-/m0/s1. The minimum absolute atomic E-state index is 0.331. The second-order valence-corrected chi connectivity index (χ2v) is 5.68. The van der Waals surface area contributed by atoms with Gasteiger partial charge in [-0.05, 0) is 55.8 Å². The molecule has 1 saturated heterocycles. The molecule has 122 valence electrons. The third kappa shape index (κ3) is 3.74. The summed E-state index contributed by atoms with van der Waals surface area (Å²) in [5.41, 5.74) is 1.82. The van der Waals surface area contributed by atoms with Crippen LogP contribution in [0.25, 0.3) is 0 Å². The first-order valence-electron chi connectivity index (χ1n) is 7.96. The van der Waals surface area contributed by atoms with Crippen LogP contribution in [0.3, 0.4) is 0 Å². The van der Waals surface area contributed by atoms with Gasteiger partial charge in [-0.3, -0.25) is 4.90 Å². The van der Waals surface area contributed by atoms with Crippen LogP contribution in [0.1, 0.15) is 34.9 Å². The van der Waals surface area contributed by atoms with Crippen molar-refractivity contribution in [2.24, 2.45) is 0 Å². The minimum atomic E-state index is -0.331. The largest absolute Gasteiger partial charge is 0.492 e. The number of carbonyl (C=O) groups excluding carboxylic acids is 1. The molecule has 0 aliphatic carbocycles. The van der Waals surface area contributed by atoms with Gasteiger partial charge in [0.25, 0.3) is 0 Å². The van der Waals surface area contributed by atoms with E-state index in [1.54, 1.807) is 24.3 Å². The van der Waals surface area contributed by atoms with Crippen LogP contribution in [0, 0.1) is 0 Å². The Morgan fingerprint density at radius 3 is 2.83 bits per heavy atom. The third-order valence-corrected chi connectivity index (χ3v) is 4.27. The maximum atomic E-state index is 11.4. The van der Waals surface area contributed by atoms with Crippen LogP contribution in [0.2, 0.25) is 0 Å². The number of benzene rings is 1. The molecule has 0 saturated carbocycles. The lowest BCUT2D eigenvalue weighted by Gasteiger charge is -2.23. The number of methoxy groups -OCH3 is 1. The maximum absolute atomic E-state index is 11.4. The Morgan fingerprint density at radius 1 is 1.30 bits per heavy atom. The van der Waals surface area contributed by atoms with Gasteiger partial charge in [-0.1, -0.05) is 0 Å². The number of rotatable bonds is 6. The van der Waals surface area contributed by atoms with Crippen LogP contribution in [0.5, 0.6) is 5.75 Å². The molecule has 1 fully saturated rings. The molecule has 0 amide bonds. The summed E-state index contributed by atoms with van der Waals surface area (Å²) < 4.78 is 10.5. The number of hydrogen-bond donors (Lipinski definition) is 1. The highest BCUT2D eigenvalue weighted by molar-refractivity contribution is 5.89. The van der Waals surface area contributed by atoms with E-state index < -0.39 is 0 Å². The predicted octanol–water partition coefficient (Wildman–Crippen LogP) is 3.02. The number of H-pyrrole nitrogens is 1. The summed E-state index contributed by atoms with van der Waals surface area (Å²) in [7, 11) is 1.38. The van der Waals surface area contributed by atoms with Gasteiger partial charge in [-0.15, -0.1) is 0 Å². The van der Waals surface area contributed by atoms with Crippen LogP contribution in [0.15, 0.2) is 42.6 Å². The lowest BCUT2D eigenvalue weighted by molar-refractivity contribution is 0.0600. The number of aromatic nitrogens is 1. The van der Waals surface area contributed by atoms with Gasteiger partial charge in [-0.25, -0.2) is 4.79 Å². The SMILES string of the molecule is COC(=O)c1ccc(OCCN2CCC[C@H]2c2ccc[nH]2)cc1. The normalized spacial score (nSPS) is 18.0. The van der Waals surface area contributed by atoms with Crippen LogP contribution in [-0.2, 0) is 4.74 Å². The van der Waals surface area contributed by atoms with Crippen molar-refractivity contribution < 1.29 is 14.3 Å². The van der Waals surface area contributed by atoms with Crippen molar-refractivity contribution in [3.8, 4) is 5.75 Å². The number of nitrogens with zero attached hydrogens (tertiary/aromatic N) is 1. The monoisotopic (exact) mass is 314 g/mol. The summed E-state index contributed by atoms with van der Waals surface area (Å²) >= 11 is 0. The highest BCUT2D eigenvalue weighted by Gasteiger charge is 2.26. The highest BCUT2D eigenvalue weighted by atomic mass is 16.5. The Morgan fingerprint density at radius 2 is 2.13 bits per heavy atom. The molecular formula is C18H22N2O3. The Labute approximate surface area is 136 Å². The van der Waals surface area contributed by atoms with Crippen molar-refractivity contribution in [2.45, 2.75) is 18.9 Å². The average Bonchev–Trinajstić information content (AvgIpc) is 3.25. The maximum Gasteiger partial charge on any atom is 0.337 e. The second kappa shape index (κ2) is 7.33. The number of carbonyl (C=O) groups is 1. The van der Waals surface area contributed by atoms with E-state index in [1.165, 1.54) is 25.6 Å². The lowest BCUT2D eigenvalue weighted by atomic mass is 10.1. The molecule has 1 N–H and O–H groups in total. The Kier molecular flexibility index (Phi) is 4.98. The predicted molar refractivity (Wildman–Crippen MR) is 87.6 cm³/mol. The van der Waals surface area contributed by atoms with Crippen molar-refractivity contribution in [3.63, 3.8) is 0 Å². The first kappa shape index (κ1) is 15.6. The number of nitrogens with one attached hydrogen (secondary N) is 1. The molecule has 3 rings (SSSR count). The van der Waals surface area contributed by atoms with Crippen LogP contribution >= 0.6 is 0 Å². The molecule has 1 aromatic carbocycles. The summed E-state index contributed by atoms with van der Waals surface area (Å²) in [6.45, 7) is 2.63. The molecule has 1 atom stereocenters. The molecule has 5 nitrogen and oxygen atoms in total. The van der Waals surface area contributed by atoms with Gasteiger partial charge < -0.3 is 14.5 Å². The Bertz CT molecular complexity index is 622. The molecule has 0 bridgehead atoms. The lowest BCUT2D eigenvalue weighted by Crippen LogP contribution is -2.28. The van der Waals surface area contributed by atoms with Crippen molar-refractivity contribution in [1.82, 2.24) is 9.88 Å². The number of likely N-dealkylation sites (tertiary alicyclic amines) is 1. The zero-order chi connectivity index (χ0) is 16.1. The van der Waals surface area contributed by atoms with Crippen molar-refractivity contribution in [3.05, 3.63) is 53.9 Å². The van der Waals surface area contributed by atoms with Gasteiger partial charge in [0.1, 0.15) is 12.4 Å². The van der Waals surface area contributed by atoms with E-state index in [0.29, 0.717) is 18.2 Å². The first-order valence-corrected chi connectivity index (χ1v) is 7.96. The zero-order valence-electron chi connectivity index (χ0n) is 13.3. The molecule has 0 radical (unpaired) electrons. The summed E-state index contributed by atoms with van der Waals surface area (Å²) in [6, 6.07) is 11.7. The molecule has 1 aliphatic heterocycles. The number of aromatic amines is 1. The van der Waals surface area contributed by atoms with E-state index in [-0.39, 0.29) is 5.97 Å². The van der Waals surface area contributed by atoms with E-state index in [0.717, 1.165) is 18.8 Å². The Balaban J connectivity index is 1.50. The topological polar surface area (TPSA) is 54.6 Å². The summed E-state index contributed by atoms with van der Waals surface area (Å²) in [6.07, 6.45) is 4.39. The van der Waals surface area contributed by atoms with Crippen molar-refractivity contribution >= 4 is 5.97 Å². The summed E-state index contributed by atoms with van der Waals surface area (Å²) in [5, 5.41) is 0. The van der Waals surface area contributed by atoms with E-state index in [4.69, 9.17) is 4.74 Å². The number of ether oxygens (including phenoxy) is 2. The van der Waals surface area contributed by atoms with Crippen LogP contribution in [0.4, 0.5) is 0 Å². The van der Waals surface area contributed by atoms with Gasteiger partial charge in [-0.2, -0.15) is 0 Å². The molecule has 0 spiro atoms. The molecule has 1 aromatic heterocycles. The van der Waals surface area contributed by atoms with Gasteiger partial charge in [0.2, 0.25) is 0 Å².